The van der Waals surface area contributed by atoms with Crippen LogP contribution in [-0.2, 0) is 14.3 Å². The lowest BCUT2D eigenvalue weighted by atomic mass is 9.93. The molecule has 0 radical (unpaired) electrons. The third-order valence-corrected chi connectivity index (χ3v) is 5.88. The van der Waals surface area contributed by atoms with Gasteiger partial charge < -0.3 is 4.74 Å². The quantitative estimate of drug-likeness (QED) is 0.263. The van der Waals surface area contributed by atoms with Crippen LogP contribution < -0.4 is 0 Å². The minimum absolute atomic E-state index is 0.0731. The number of aromatic nitrogens is 2. The SMILES string of the molecule is CCOCCCN1C(=O)C(C#N)=C(C)/C(=C\c2cn(-c3ccccc3)nc2-c2ccc(F)cc2)C1=O. The highest BCUT2D eigenvalue weighted by Crippen LogP contribution is 2.31. The molecule has 0 fully saturated rings. The predicted octanol–water partition coefficient (Wildman–Crippen LogP) is 4.70. The lowest BCUT2D eigenvalue weighted by Crippen LogP contribution is -2.43. The summed E-state index contributed by atoms with van der Waals surface area (Å²) in [4.78, 5) is 27.4. The minimum Gasteiger partial charge on any atom is -0.382 e. The molecule has 0 bridgehead atoms. The van der Waals surface area contributed by atoms with Gasteiger partial charge in [-0.25, -0.2) is 9.07 Å². The Balaban J connectivity index is 1.82. The van der Waals surface area contributed by atoms with Crippen LogP contribution in [0, 0.1) is 17.1 Å². The zero-order valence-electron chi connectivity index (χ0n) is 20.1. The van der Waals surface area contributed by atoms with Gasteiger partial charge >= 0.3 is 0 Å². The molecule has 0 unspecified atom stereocenters. The van der Waals surface area contributed by atoms with Crippen molar-refractivity contribution >= 4 is 17.9 Å². The lowest BCUT2D eigenvalue weighted by molar-refractivity contribution is -0.140. The third kappa shape index (κ3) is 5.02. The third-order valence-electron chi connectivity index (χ3n) is 5.88. The van der Waals surface area contributed by atoms with E-state index in [9.17, 15) is 19.2 Å². The van der Waals surface area contributed by atoms with Gasteiger partial charge in [0.15, 0.2) is 0 Å². The maximum absolute atomic E-state index is 13.6. The van der Waals surface area contributed by atoms with Crippen LogP contribution in [0.15, 0.2) is 77.5 Å². The molecule has 2 amide bonds. The predicted molar refractivity (Wildman–Crippen MR) is 133 cm³/mol. The number of halogens is 1. The fourth-order valence-electron chi connectivity index (χ4n) is 4.00. The van der Waals surface area contributed by atoms with Crippen LogP contribution in [-0.4, -0.2) is 46.3 Å². The number of ether oxygens (including phenoxy) is 1. The summed E-state index contributed by atoms with van der Waals surface area (Å²) in [6.07, 6.45) is 3.87. The molecule has 7 nitrogen and oxygen atoms in total. The summed E-state index contributed by atoms with van der Waals surface area (Å²) in [5.41, 5.74) is 3.06. The zero-order chi connectivity index (χ0) is 25.7. The molecule has 0 N–H and O–H groups in total. The Labute approximate surface area is 208 Å². The van der Waals surface area contributed by atoms with Gasteiger partial charge in [0.25, 0.3) is 11.8 Å². The van der Waals surface area contributed by atoms with Crippen LogP contribution in [0.4, 0.5) is 4.39 Å². The Bertz CT molecular complexity index is 1380. The monoisotopic (exact) mass is 484 g/mol. The van der Waals surface area contributed by atoms with Crippen LogP contribution in [0.1, 0.15) is 25.8 Å². The number of hydrogen-bond donors (Lipinski definition) is 0. The van der Waals surface area contributed by atoms with Crippen molar-refractivity contribution in [1.82, 2.24) is 14.7 Å². The molecule has 0 atom stereocenters. The molecule has 36 heavy (non-hydrogen) atoms. The van der Waals surface area contributed by atoms with Crippen molar-refractivity contribution in [1.29, 1.82) is 5.26 Å². The first-order valence-electron chi connectivity index (χ1n) is 11.6. The molecular formula is C28H25FN4O3. The summed E-state index contributed by atoms with van der Waals surface area (Å²) in [7, 11) is 0. The van der Waals surface area contributed by atoms with Gasteiger partial charge in [-0.15, -0.1) is 0 Å². The van der Waals surface area contributed by atoms with Gasteiger partial charge in [-0.2, -0.15) is 10.4 Å². The molecule has 4 rings (SSSR count). The largest absolute Gasteiger partial charge is 0.382 e. The van der Waals surface area contributed by atoms with Crippen molar-refractivity contribution in [2.24, 2.45) is 0 Å². The Morgan fingerprint density at radius 1 is 1.08 bits per heavy atom. The van der Waals surface area contributed by atoms with Gasteiger partial charge in [0.1, 0.15) is 17.5 Å². The number of carbonyl (C=O) groups is 2. The molecule has 2 heterocycles. The first kappa shape index (κ1) is 24.8. The average Bonchev–Trinajstić information content (AvgIpc) is 3.31. The van der Waals surface area contributed by atoms with Crippen LogP contribution >= 0.6 is 0 Å². The molecule has 0 aliphatic carbocycles. The van der Waals surface area contributed by atoms with Crippen molar-refractivity contribution < 1.29 is 18.7 Å². The van der Waals surface area contributed by atoms with Crippen molar-refractivity contribution in [3.8, 4) is 23.0 Å². The molecular weight excluding hydrogens is 459 g/mol. The second-order valence-electron chi connectivity index (χ2n) is 8.20. The van der Waals surface area contributed by atoms with E-state index in [2.05, 4.69) is 0 Å². The van der Waals surface area contributed by atoms with E-state index in [1.54, 1.807) is 36.0 Å². The van der Waals surface area contributed by atoms with Crippen LogP contribution in [0.2, 0.25) is 0 Å². The normalized spacial score (nSPS) is 15.1. The summed E-state index contributed by atoms with van der Waals surface area (Å²) in [5, 5.41) is 14.4. The minimum atomic E-state index is -0.604. The molecule has 182 valence electrons. The molecule has 8 heteroatoms. The van der Waals surface area contributed by atoms with Crippen LogP contribution in [0.3, 0.4) is 0 Å². The maximum atomic E-state index is 13.6. The van der Waals surface area contributed by atoms with E-state index in [0.717, 1.165) is 10.6 Å². The number of nitrogens with zero attached hydrogens (tertiary/aromatic N) is 4. The molecule has 3 aromatic rings. The van der Waals surface area contributed by atoms with E-state index in [4.69, 9.17) is 9.84 Å². The molecule has 2 aromatic carbocycles. The smallest absolute Gasteiger partial charge is 0.271 e. The highest BCUT2D eigenvalue weighted by Gasteiger charge is 2.35. The summed E-state index contributed by atoms with van der Waals surface area (Å²) >= 11 is 0. The fraction of sp³-hybridized carbons (Fsp3) is 0.214. The number of para-hydroxylation sites is 1. The summed E-state index contributed by atoms with van der Waals surface area (Å²) < 4.78 is 20.6. The number of amides is 2. The number of imide groups is 1. The molecule has 0 saturated carbocycles. The first-order chi connectivity index (χ1) is 17.4. The summed E-state index contributed by atoms with van der Waals surface area (Å²) in [6.45, 7) is 4.54. The van der Waals surface area contributed by atoms with E-state index in [-0.39, 0.29) is 23.5 Å². The number of carbonyl (C=O) groups excluding carboxylic acids is 2. The van der Waals surface area contributed by atoms with Crippen molar-refractivity contribution in [3.63, 3.8) is 0 Å². The van der Waals surface area contributed by atoms with Gasteiger partial charge in [-0.1, -0.05) is 18.2 Å². The van der Waals surface area contributed by atoms with E-state index < -0.39 is 11.8 Å². The second-order valence-corrected chi connectivity index (χ2v) is 8.20. The van der Waals surface area contributed by atoms with E-state index in [0.29, 0.717) is 42.0 Å². The average molecular weight is 485 g/mol. The highest BCUT2D eigenvalue weighted by molar-refractivity contribution is 6.19. The Hall–Kier alpha value is -4.35. The van der Waals surface area contributed by atoms with E-state index in [1.165, 1.54) is 12.1 Å². The van der Waals surface area contributed by atoms with Crippen molar-refractivity contribution in [3.05, 3.63) is 88.9 Å². The second kappa shape index (κ2) is 10.9. The maximum Gasteiger partial charge on any atom is 0.271 e. The van der Waals surface area contributed by atoms with E-state index >= 15 is 0 Å². The highest BCUT2D eigenvalue weighted by atomic mass is 19.1. The number of nitriles is 1. The van der Waals surface area contributed by atoms with Gasteiger partial charge in [-0.05, 0) is 68.3 Å². The Morgan fingerprint density at radius 2 is 1.81 bits per heavy atom. The number of hydrogen-bond acceptors (Lipinski definition) is 5. The molecule has 1 aliphatic heterocycles. The fourth-order valence-corrected chi connectivity index (χ4v) is 4.00. The molecule has 0 saturated heterocycles. The van der Waals surface area contributed by atoms with Gasteiger partial charge in [-0.3, -0.25) is 14.5 Å². The van der Waals surface area contributed by atoms with Crippen molar-refractivity contribution in [2.75, 3.05) is 19.8 Å². The summed E-state index contributed by atoms with van der Waals surface area (Å²) in [5.74, 6) is -1.46. The number of benzene rings is 2. The Kier molecular flexibility index (Phi) is 7.52. The summed E-state index contributed by atoms with van der Waals surface area (Å²) in [6, 6.07) is 17.3. The molecule has 0 spiro atoms. The van der Waals surface area contributed by atoms with Crippen LogP contribution in [0.5, 0.6) is 0 Å². The van der Waals surface area contributed by atoms with Gasteiger partial charge in [0.2, 0.25) is 0 Å². The van der Waals surface area contributed by atoms with Gasteiger partial charge in [0.05, 0.1) is 11.4 Å². The number of rotatable bonds is 8. The first-order valence-corrected chi connectivity index (χ1v) is 11.6. The van der Waals surface area contributed by atoms with E-state index in [1.807, 2.05) is 43.3 Å². The standard InChI is InChI=1S/C28H25FN4O3/c1-3-36-15-7-14-32-27(34)24(19(2)25(17-30)28(32)35)16-21-18-33(23-8-5-4-6-9-23)31-26(21)20-10-12-22(29)13-11-20/h4-6,8-13,16,18H,3,7,14-15H2,1-2H3/b24-16+. The lowest BCUT2D eigenvalue weighted by Gasteiger charge is -2.27. The Morgan fingerprint density at radius 3 is 2.47 bits per heavy atom. The topological polar surface area (TPSA) is 88.2 Å². The van der Waals surface area contributed by atoms with Crippen LogP contribution in [0.25, 0.3) is 23.0 Å². The van der Waals surface area contributed by atoms with Crippen molar-refractivity contribution in [2.45, 2.75) is 20.3 Å². The molecule has 1 aromatic heterocycles. The molecule has 1 aliphatic rings. The van der Waals surface area contributed by atoms with Gasteiger partial charge in [0, 0.05) is 42.7 Å². The zero-order valence-corrected chi connectivity index (χ0v) is 20.1.